The minimum absolute atomic E-state index is 0.687. The first kappa shape index (κ1) is 15.0. The van der Waals surface area contributed by atoms with Crippen LogP contribution in [-0.2, 0) is 0 Å². The fourth-order valence-corrected chi connectivity index (χ4v) is 2.98. The smallest absolute Gasteiger partial charge is 0.0110 e. The standard InChI is InChI=1S/C15H32N2/c1-4-9-14(3)16-11-13-17-12-8-6-7-10-15(17)5-2/h14-16H,4-13H2,1-3H3. The van der Waals surface area contributed by atoms with E-state index in [1.165, 1.54) is 58.0 Å². The molecule has 0 aromatic heterocycles. The fourth-order valence-electron chi connectivity index (χ4n) is 2.98. The molecule has 1 rings (SSSR count). The zero-order valence-corrected chi connectivity index (χ0v) is 12.2. The third kappa shape index (κ3) is 5.87. The molecule has 2 unspecified atom stereocenters. The maximum absolute atomic E-state index is 3.65. The van der Waals surface area contributed by atoms with Crippen LogP contribution in [-0.4, -0.2) is 36.6 Å². The molecule has 1 heterocycles. The number of hydrogen-bond acceptors (Lipinski definition) is 2. The van der Waals surface area contributed by atoms with Crippen LogP contribution in [0, 0.1) is 0 Å². The quantitative estimate of drug-likeness (QED) is 0.733. The highest BCUT2D eigenvalue weighted by atomic mass is 15.2. The highest BCUT2D eigenvalue weighted by Gasteiger charge is 2.18. The second-order valence-electron chi connectivity index (χ2n) is 5.59. The van der Waals surface area contributed by atoms with Crippen molar-refractivity contribution >= 4 is 0 Å². The van der Waals surface area contributed by atoms with Gasteiger partial charge in [0.2, 0.25) is 0 Å². The van der Waals surface area contributed by atoms with Crippen LogP contribution in [0.5, 0.6) is 0 Å². The molecular weight excluding hydrogens is 208 g/mol. The molecular formula is C15H32N2. The van der Waals surface area contributed by atoms with Gasteiger partial charge < -0.3 is 5.32 Å². The second kappa shape index (κ2) is 8.93. The maximum atomic E-state index is 3.65. The molecule has 1 aliphatic rings. The predicted molar refractivity (Wildman–Crippen MR) is 76.5 cm³/mol. The molecule has 0 saturated carbocycles. The first-order valence-electron chi connectivity index (χ1n) is 7.75. The summed E-state index contributed by atoms with van der Waals surface area (Å²) in [6, 6.07) is 1.54. The Morgan fingerprint density at radius 1 is 1.24 bits per heavy atom. The zero-order valence-electron chi connectivity index (χ0n) is 12.2. The summed E-state index contributed by atoms with van der Waals surface area (Å²) in [4.78, 5) is 2.72. The lowest BCUT2D eigenvalue weighted by Gasteiger charge is -2.29. The largest absolute Gasteiger partial charge is 0.313 e. The molecule has 2 atom stereocenters. The Morgan fingerprint density at radius 2 is 2.06 bits per heavy atom. The van der Waals surface area contributed by atoms with Crippen LogP contribution in [0.15, 0.2) is 0 Å². The van der Waals surface area contributed by atoms with E-state index in [9.17, 15) is 0 Å². The Balaban J connectivity index is 2.22. The fraction of sp³-hybridized carbons (Fsp3) is 1.00. The van der Waals surface area contributed by atoms with E-state index in [0.29, 0.717) is 6.04 Å². The van der Waals surface area contributed by atoms with E-state index < -0.39 is 0 Å². The number of hydrogen-bond donors (Lipinski definition) is 1. The lowest BCUT2D eigenvalue weighted by molar-refractivity contribution is 0.193. The first-order chi connectivity index (χ1) is 8.27. The zero-order chi connectivity index (χ0) is 12.5. The molecule has 0 aromatic rings. The van der Waals surface area contributed by atoms with Gasteiger partial charge in [0.15, 0.2) is 0 Å². The average Bonchev–Trinajstić information content (AvgIpc) is 2.54. The Kier molecular flexibility index (Phi) is 7.87. The van der Waals surface area contributed by atoms with Crippen molar-refractivity contribution in [3.05, 3.63) is 0 Å². The molecule has 0 aliphatic carbocycles. The van der Waals surface area contributed by atoms with Gasteiger partial charge in [0, 0.05) is 25.2 Å². The van der Waals surface area contributed by atoms with Gasteiger partial charge >= 0.3 is 0 Å². The van der Waals surface area contributed by atoms with E-state index in [-0.39, 0.29) is 0 Å². The van der Waals surface area contributed by atoms with Crippen LogP contribution in [0.1, 0.15) is 65.7 Å². The van der Waals surface area contributed by atoms with E-state index in [4.69, 9.17) is 0 Å². The Morgan fingerprint density at radius 3 is 2.76 bits per heavy atom. The molecule has 0 bridgehead atoms. The van der Waals surface area contributed by atoms with Crippen LogP contribution >= 0.6 is 0 Å². The van der Waals surface area contributed by atoms with Crippen molar-refractivity contribution in [1.29, 1.82) is 0 Å². The normalized spacial score (nSPS) is 24.5. The summed E-state index contributed by atoms with van der Waals surface area (Å²) in [6.45, 7) is 10.6. The van der Waals surface area contributed by atoms with E-state index in [0.717, 1.165) is 12.6 Å². The van der Waals surface area contributed by atoms with Gasteiger partial charge in [0.1, 0.15) is 0 Å². The molecule has 2 nitrogen and oxygen atoms in total. The van der Waals surface area contributed by atoms with Gasteiger partial charge in [-0.2, -0.15) is 0 Å². The van der Waals surface area contributed by atoms with Crippen LogP contribution in [0.3, 0.4) is 0 Å². The van der Waals surface area contributed by atoms with Crippen molar-refractivity contribution in [3.8, 4) is 0 Å². The van der Waals surface area contributed by atoms with Gasteiger partial charge in [0.05, 0.1) is 0 Å². The first-order valence-corrected chi connectivity index (χ1v) is 7.75. The molecule has 0 spiro atoms. The van der Waals surface area contributed by atoms with E-state index >= 15 is 0 Å². The minimum Gasteiger partial charge on any atom is -0.313 e. The maximum Gasteiger partial charge on any atom is 0.0110 e. The van der Waals surface area contributed by atoms with Crippen molar-refractivity contribution in [3.63, 3.8) is 0 Å². The molecule has 2 heteroatoms. The van der Waals surface area contributed by atoms with E-state index in [1.54, 1.807) is 0 Å². The average molecular weight is 240 g/mol. The van der Waals surface area contributed by atoms with Gasteiger partial charge in [-0.15, -0.1) is 0 Å². The molecule has 1 saturated heterocycles. The Bertz CT molecular complexity index is 182. The Hall–Kier alpha value is -0.0800. The summed E-state index contributed by atoms with van der Waals surface area (Å²) in [5.41, 5.74) is 0. The molecule has 0 amide bonds. The summed E-state index contributed by atoms with van der Waals surface area (Å²) in [5, 5.41) is 3.65. The summed E-state index contributed by atoms with van der Waals surface area (Å²) < 4.78 is 0. The van der Waals surface area contributed by atoms with Crippen LogP contribution in [0.25, 0.3) is 0 Å². The van der Waals surface area contributed by atoms with Crippen LogP contribution < -0.4 is 5.32 Å². The van der Waals surface area contributed by atoms with Crippen molar-refractivity contribution in [2.45, 2.75) is 77.8 Å². The molecule has 17 heavy (non-hydrogen) atoms. The second-order valence-corrected chi connectivity index (χ2v) is 5.59. The van der Waals surface area contributed by atoms with Gasteiger partial charge in [-0.3, -0.25) is 4.90 Å². The van der Waals surface area contributed by atoms with Gasteiger partial charge in [-0.1, -0.05) is 33.1 Å². The molecule has 0 radical (unpaired) electrons. The number of rotatable bonds is 7. The van der Waals surface area contributed by atoms with Gasteiger partial charge in [0.25, 0.3) is 0 Å². The Labute approximate surface area is 108 Å². The van der Waals surface area contributed by atoms with Crippen LogP contribution in [0.2, 0.25) is 0 Å². The van der Waals surface area contributed by atoms with E-state index in [2.05, 4.69) is 31.0 Å². The van der Waals surface area contributed by atoms with Crippen LogP contribution in [0.4, 0.5) is 0 Å². The predicted octanol–water partition coefficient (Wildman–Crippen LogP) is 3.42. The number of nitrogens with zero attached hydrogens (tertiary/aromatic N) is 1. The number of likely N-dealkylation sites (tertiary alicyclic amines) is 1. The van der Waals surface area contributed by atoms with Crippen molar-refractivity contribution < 1.29 is 0 Å². The van der Waals surface area contributed by atoms with Crippen molar-refractivity contribution in [2.75, 3.05) is 19.6 Å². The number of nitrogens with one attached hydrogen (secondary N) is 1. The highest BCUT2D eigenvalue weighted by Crippen LogP contribution is 2.18. The van der Waals surface area contributed by atoms with Crippen molar-refractivity contribution in [2.24, 2.45) is 0 Å². The summed E-state index contributed by atoms with van der Waals surface area (Å²) in [7, 11) is 0. The molecule has 102 valence electrons. The topological polar surface area (TPSA) is 15.3 Å². The monoisotopic (exact) mass is 240 g/mol. The molecule has 1 fully saturated rings. The minimum atomic E-state index is 0.687. The van der Waals surface area contributed by atoms with E-state index in [1.807, 2.05) is 0 Å². The highest BCUT2D eigenvalue weighted by molar-refractivity contribution is 4.75. The molecule has 0 aromatic carbocycles. The third-order valence-electron chi connectivity index (χ3n) is 4.08. The lowest BCUT2D eigenvalue weighted by Crippen LogP contribution is -2.41. The van der Waals surface area contributed by atoms with Gasteiger partial charge in [-0.05, 0) is 39.2 Å². The molecule has 1 N–H and O–H groups in total. The van der Waals surface area contributed by atoms with Crippen molar-refractivity contribution in [1.82, 2.24) is 10.2 Å². The summed E-state index contributed by atoms with van der Waals surface area (Å²) >= 11 is 0. The van der Waals surface area contributed by atoms with Gasteiger partial charge in [-0.25, -0.2) is 0 Å². The summed E-state index contributed by atoms with van der Waals surface area (Å²) in [6.07, 6.45) is 9.61. The summed E-state index contributed by atoms with van der Waals surface area (Å²) in [5.74, 6) is 0. The lowest BCUT2D eigenvalue weighted by atomic mass is 10.1. The SMILES string of the molecule is CCCC(C)NCCN1CCCCCC1CC. The third-order valence-corrected chi connectivity index (χ3v) is 4.08. The molecule has 1 aliphatic heterocycles.